The largest absolute Gasteiger partial charge is 0.396 e. The van der Waals surface area contributed by atoms with Gasteiger partial charge in [-0.1, -0.05) is 12.8 Å². The average Bonchev–Trinajstić information content (AvgIpc) is 2.66. The number of rotatable bonds is 8. The molecule has 0 radical (unpaired) electrons. The lowest BCUT2D eigenvalue weighted by molar-refractivity contribution is 0.250. The van der Waals surface area contributed by atoms with Crippen molar-refractivity contribution in [3.8, 4) is 0 Å². The van der Waals surface area contributed by atoms with E-state index in [2.05, 4.69) is 17.5 Å². The molecule has 3 heteroatoms. The zero-order chi connectivity index (χ0) is 10.9. The highest BCUT2D eigenvalue weighted by Crippen LogP contribution is 2.19. The highest BCUT2D eigenvalue weighted by molar-refractivity contribution is 7.80. The number of thiol groups is 1. The van der Waals surface area contributed by atoms with Gasteiger partial charge < -0.3 is 10.0 Å². The molecule has 0 spiro atoms. The summed E-state index contributed by atoms with van der Waals surface area (Å²) >= 11 is 4.21. The Labute approximate surface area is 99.5 Å². The molecule has 90 valence electrons. The Morgan fingerprint density at radius 2 is 2.00 bits per heavy atom. The fourth-order valence-electron chi connectivity index (χ4n) is 2.33. The predicted molar refractivity (Wildman–Crippen MR) is 68.6 cm³/mol. The summed E-state index contributed by atoms with van der Waals surface area (Å²) in [6.45, 7) is 4.08. The minimum absolute atomic E-state index is 0.362. The van der Waals surface area contributed by atoms with Crippen molar-refractivity contribution in [2.45, 2.75) is 38.5 Å². The van der Waals surface area contributed by atoms with Gasteiger partial charge in [0.2, 0.25) is 0 Å². The molecule has 0 aliphatic carbocycles. The predicted octanol–water partition coefficient (Wildman–Crippen LogP) is 2.18. The van der Waals surface area contributed by atoms with Crippen molar-refractivity contribution in [2.24, 2.45) is 5.92 Å². The first-order valence-electron chi connectivity index (χ1n) is 6.31. The van der Waals surface area contributed by atoms with Crippen LogP contribution in [0.5, 0.6) is 0 Å². The van der Waals surface area contributed by atoms with E-state index < -0.39 is 0 Å². The van der Waals surface area contributed by atoms with Crippen molar-refractivity contribution in [1.29, 1.82) is 0 Å². The van der Waals surface area contributed by atoms with Crippen LogP contribution in [0.15, 0.2) is 0 Å². The number of nitrogens with zero attached hydrogens (tertiary/aromatic N) is 1. The number of hydrogen-bond donors (Lipinski definition) is 2. The molecule has 1 N–H and O–H groups in total. The standard InChI is InChI=1S/C12H25NOS/c14-9-6-12-5-8-13(11-12)7-3-1-2-4-10-15/h12,14-15H,1-11H2. The Balaban J connectivity index is 1.94. The van der Waals surface area contributed by atoms with Crippen molar-refractivity contribution >= 4 is 12.6 Å². The van der Waals surface area contributed by atoms with Crippen LogP contribution in [-0.4, -0.2) is 42.0 Å². The van der Waals surface area contributed by atoms with Crippen LogP contribution in [0.4, 0.5) is 0 Å². The molecule has 1 fully saturated rings. The first-order chi connectivity index (χ1) is 7.36. The quantitative estimate of drug-likeness (QED) is 0.494. The van der Waals surface area contributed by atoms with E-state index in [1.807, 2.05) is 0 Å². The Hall–Kier alpha value is 0.270. The summed E-state index contributed by atoms with van der Waals surface area (Å²) in [4.78, 5) is 2.56. The van der Waals surface area contributed by atoms with Gasteiger partial charge in [0.15, 0.2) is 0 Å². The van der Waals surface area contributed by atoms with Gasteiger partial charge in [-0.3, -0.25) is 0 Å². The van der Waals surface area contributed by atoms with Crippen molar-refractivity contribution in [3.63, 3.8) is 0 Å². The van der Waals surface area contributed by atoms with Crippen LogP contribution in [0, 0.1) is 5.92 Å². The number of unbranched alkanes of at least 4 members (excludes halogenated alkanes) is 3. The Bertz CT molecular complexity index is 155. The lowest BCUT2D eigenvalue weighted by Gasteiger charge is -2.15. The maximum atomic E-state index is 8.86. The Morgan fingerprint density at radius 1 is 1.20 bits per heavy atom. The second-order valence-electron chi connectivity index (χ2n) is 4.61. The highest BCUT2D eigenvalue weighted by Gasteiger charge is 2.20. The molecule has 1 heterocycles. The molecule has 1 rings (SSSR count). The first-order valence-corrected chi connectivity index (χ1v) is 6.94. The van der Waals surface area contributed by atoms with E-state index in [9.17, 15) is 0 Å². The fraction of sp³-hybridized carbons (Fsp3) is 1.00. The topological polar surface area (TPSA) is 23.5 Å². The van der Waals surface area contributed by atoms with Crippen LogP contribution in [-0.2, 0) is 0 Å². The zero-order valence-corrected chi connectivity index (χ0v) is 10.6. The van der Waals surface area contributed by atoms with Gasteiger partial charge in [-0.2, -0.15) is 12.6 Å². The monoisotopic (exact) mass is 231 g/mol. The third kappa shape index (κ3) is 5.79. The summed E-state index contributed by atoms with van der Waals surface area (Å²) in [5, 5.41) is 8.86. The first kappa shape index (κ1) is 13.3. The summed E-state index contributed by atoms with van der Waals surface area (Å²) in [7, 11) is 0. The van der Waals surface area contributed by atoms with Gasteiger partial charge in [-0.25, -0.2) is 0 Å². The number of likely N-dealkylation sites (tertiary alicyclic amines) is 1. The maximum Gasteiger partial charge on any atom is 0.0434 e. The van der Waals surface area contributed by atoms with Gasteiger partial charge in [0.1, 0.15) is 0 Å². The van der Waals surface area contributed by atoms with E-state index in [1.165, 1.54) is 51.7 Å². The molecular formula is C12H25NOS. The molecule has 0 saturated carbocycles. The van der Waals surface area contributed by atoms with Crippen LogP contribution < -0.4 is 0 Å². The zero-order valence-electron chi connectivity index (χ0n) is 9.70. The third-order valence-corrected chi connectivity index (χ3v) is 3.61. The van der Waals surface area contributed by atoms with Crippen LogP contribution in [0.1, 0.15) is 38.5 Å². The van der Waals surface area contributed by atoms with Gasteiger partial charge in [0.25, 0.3) is 0 Å². The summed E-state index contributed by atoms with van der Waals surface area (Å²) in [6.07, 6.45) is 7.56. The molecular weight excluding hydrogens is 206 g/mol. The number of hydrogen-bond acceptors (Lipinski definition) is 3. The van der Waals surface area contributed by atoms with Crippen LogP contribution in [0.2, 0.25) is 0 Å². The van der Waals surface area contributed by atoms with Gasteiger partial charge in [0, 0.05) is 13.2 Å². The van der Waals surface area contributed by atoms with Gasteiger partial charge in [-0.05, 0) is 50.4 Å². The smallest absolute Gasteiger partial charge is 0.0434 e. The highest BCUT2D eigenvalue weighted by atomic mass is 32.1. The van der Waals surface area contributed by atoms with Gasteiger partial charge in [-0.15, -0.1) is 0 Å². The molecule has 0 aromatic carbocycles. The summed E-state index contributed by atoms with van der Waals surface area (Å²) in [5.41, 5.74) is 0. The normalized spacial score (nSPS) is 22.4. The molecule has 1 atom stereocenters. The van der Waals surface area contributed by atoms with Crippen LogP contribution >= 0.6 is 12.6 Å². The third-order valence-electron chi connectivity index (χ3n) is 3.29. The number of aliphatic hydroxyl groups excluding tert-OH is 1. The molecule has 1 aliphatic heterocycles. The molecule has 1 aliphatic rings. The SMILES string of the molecule is OCCC1CCN(CCCCCCS)C1. The Kier molecular flexibility index (Phi) is 7.49. The second-order valence-corrected chi connectivity index (χ2v) is 5.05. The van der Waals surface area contributed by atoms with Crippen molar-refractivity contribution in [2.75, 3.05) is 32.0 Å². The molecule has 0 aromatic rings. The molecule has 1 unspecified atom stereocenters. The molecule has 2 nitrogen and oxygen atoms in total. The summed E-state index contributed by atoms with van der Waals surface area (Å²) in [6, 6.07) is 0. The molecule has 0 bridgehead atoms. The minimum Gasteiger partial charge on any atom is -0.396 e. The van der Waals surface area contributed by atoms with Gasteiger partial charge >= 0.3 is 0 Å². The second kappa shape index (κ2) is 8.43. The molecule has 0 amide bonds. The van der Waals surface area contributed by atoms with E-state index in [4.69, 9.17) is 5.11 Å². The van der Waals surface area contributed by atoms with E-state index in [0.717, 1.165) is 18.1 Å². The lowest BCUT2D eigenvalue weighted by atomic mass is 10.1. The summed E-state index contributed by atoms with van der Waals surface area (Å²) in [5.74, 6) is 1.79. The molecule has 15 heavy (non-hydrogen) atoms. The van der Waals surface area contributed by atoms with Crippen LogP contribution in [0.25, 0.3) is 0 Å². The molecule has 1 saturated heterocycles. The van der Waals surface area contributed by atoms with E-state index in [0.29, 0.717) is 6.61 Å². The fourth-order valence-corrected chi connectivity index (χ4v) is 2.56. The van der Waals surface area contributed by atoms with E-state index in [-0.39, 0.29) is 0 Å². The number of aliphatic hydroxyl groups is 1. The molecule has 0 aromatic heterocycles. The van der Waals surface area contributed by atoms with Crippen LogP contribution in [0.3, 0.4) is 0 Å². The Morgan fingerprint density at radius 3 is 2.73 bits per heavy atom. The minimum atomic E-state index is 0.362. The van der Waals surface area contributed by atoms with Crippen molar-refractivity contribution in [1.82, 2.24) is 4.90 Å². The van der Waals surface area contributed by atoms with E-state index in [1.54, 1.807) is 0 Å². The van der Waals surface area contributed by atoms with Crippen molar-refractivity contribution in [3.05, 3.63) is 0 Å². The van der Waals surface area contributed by atoms with Crippen molar-refractivity contribution < 1.29 is 5.11 Å². The maximum absolute atomic E-state index is 8.86. The summed E-state index contributed by atoms with van der Waals surface area (Å²) < 4.78 is 0. The van der Waals surface area contributed by atoms with Gasteiger partial charge in [0.05, 0.1) is 0 Å². The average molecular weight is 231 g/mol. The van der Waals surface area contributed by atoms with E-state index >= 15 is 0 Å². The lowest BCUT2D eigenvalue weighted by Crippen LogP contribution is -2.22.